The molecule has 0 saturated heterocycles. The van der Waals surface area contributed by atoms with Crippen molar-refractivity contribution < 1.29 is 19.8 Å². The molecule has 0 bridgehead atoms. The Morgan fingerprint density at radius 1 is 0.500 bits per heavy atom. The van der Waals surface area contributed by atoms with Crippen molar-refractivity contribution in [2.24, 2.45) is 0 Å². The highest BCUT2D eigenvalue weighted by Gasteiger charge is 2.39. The lowest BCUT2D eigenvalue weighted by Gasteiger charge is -2.43. The Labute approximate surface area is 516 Å². The number of fused-ring (bicyclic) bond motifs is 5. The summed E-state index contributed by atoms with van der Waals surface area (Å²) in [4.78, 5) is 9.48. The number of rotatable bonds is 8. The highest BCUT2D eigenvalue weighted by Crippen LogP contribution is 2.54. The number of benzene rings is 8. The van der Waals surface area contributed by atoms with Gasteiger partial charge in [0.1, 0.15) is 24.0 Å². The Hall–Kier alpha value is -7.89. The average Bonchev–Trinajstić information content (AvgIpc) is 1.70. The third-order valence-corrected chi connectivity index (χ3v) is 17.6. The number of pyridine rings is 1. The van der Waals surface area contributed by atoms with Crippen LogP contribution in [0.25, 0.3) is 61.0 Å². The van der Waals surface area contributed by atoms with Gasteiger partial charge in [-0.05, 0) is 168 Å². The van der Waals surface area contributed by atoms with Crippen LogP contribution in [0.4, 0.5) is 22.7 Å². The minimum absolute atomic E-state index is 0.0667. The van der Waals surface area contributed by atoms with Crippen LogP contribution >= 0.6 is 0 Å². The summed E-state index contributed by atoms with van der Waals surface area (Å²) in [5.41, 5.74) is 11.8. The van der Waals surface area contributed by atoms with E-state index in [2.05, 4.69) is 148 Å². The number of nitrogens with zero attached hydrogens (tertiary/aromatic N) is 4. The predicted molar refractivity (Wildman–Crippen MR) is 358 cm³/mol. The van der Waals surface area contributed by atoms with Gasteiger partial charge in [0.25, 0.3) is 0 Å². The molecule has 0 unspecified atom stereocenters. The number of hydrogen-bond donors (Lipinski definition) is 0. The maximum Gasteiger partial charge on any atom is 0.137 e. The number of aryl methyl sites for hydroxylation is 1. The standard InChI is InChI=1S/C79H86N4O/c1-50-40-71(80-48-65(50)62-27-23-28-66-72(62)79(16,17)39-38-78(66,14)15)83-67-29-19-18-26-60(67)61-37-36-59(47-70(61)83)84-58-25-22-24-57(46-58)81-49-82(69-31-21-20-30-68(69)81)73-63(51-32-34-53(35-33-51)74(2,3)4)44-56(77(11,12)13)45-64(73)52-41-54(75(5,6)7)43-55(42-52)76(8,9)10/h18-37,40-48H,38-39,49H2,1-17H3/i1D3,18D,19D,26D,29D,32D,33D,34D,35D. The number of para-hydroxylation sites is 3. The van der Waals surface area contributed by atoms with E-state index in [0.29, 0.717) is 39.1 Å². The van der Waals surface area contributed by atoms with Crippen molar-refractivity contribution in [2.45, 2.75) is 163 Å². The summed E-state index contributed by atoms with van der Waals surface area (Å²) in [6.07, 6.45) is 3.50. The fourth-order valence-electron chi connectivity index (χ4n) is 12.5. The van der Waals surface area contributed by atoms with E-state index >= 15 is 0 Å². The summed E-state index contributed by atoms with van der Waals surface area (Å²) in [5.74, 6) is 1.02. The number of hydrogen-bond acceptors (Lipinski definition) is 4. The van der Waals surface area contributed by atoms with Crippen molar-refractivity contribution in [1.29, 1.82) is 0 Å². The van der Waals surface area contributed by atoms with E-state index in [-0.39, 0.29) is 92.4 Å². The van der Waals surface area contributed by atoms with Gasteiger partial charge in [0.15, 0.2) is 0 Å². The maximum absolute atomic E-state index is 9.92. The van der Waals surface area contributed by atoms with Gasteiger partial charge in [-0.1, -0.05) is 208 Å². The molecule has 2 aliphatic rings. The molecule has 0 N–H and O–H groups in total. The molecule has 3 heterocycles. The lowest BCUT2D eigenvalue weighted by atomic mass is 9.61. The normalized spacial score (nSPS) is 17.2. The molecule has 428 valence electrons. The molecule has 0 spiro atoms. The molecule has 10 aromatic rings. The first-order valence-corrected chi connectivity index (χ1v) is 29.7. The first kappa shape index (κ1) is 44.6. The van der Waals surface area contributed by atoms with E-state index in [0.717, 1.165) is 74.5 Å². The summed E-state index contributed by atoms with van der Waals surface area (Å²) in [5, 5.41) is 0.756. The molecule has 84 heavy (non-hydrogen) atoms. The summed E-state index contributed by atoms with van der Waals surface area (Å²) < 4.78 is 111. The van der Waals surface area contributed by atoms with Crippen LogP contribution in [0.3, 0.4) is 0 Å². The van der Waals surface area contributed by atoms with Crippen LogP contribution in [0.5, 0.6) is 11.5 Å². The quantitative estimate of drug-likeness (QED) is 0.152. The van der Waals surface area contributed by atoms with Crippen LogP contribution in [-0.2, 0) is 32.5 Å². The molecule has 5 nitrogen and oxygen atoms in total. The van der Waals surface area contributed by atoms with Crippen LogP contribution in [0.2, 0.25) is 0 Å². The van der Waals surface area contributed by atoms with Gasteiger partial charge in [0, 0.05) is 55.6 Å². The van der Waals surface area contributed by atoms with Crippen LogP contribution < -0.4 is 14.5 Å². The van der Waals surface area contributed by atoms with Crippen molar-refractivity contribution in [3.63, 3.8) is 0 Å². The first-order chi connectivity index (χ1) is 44.1. The van der Waals surface area contributed by atoms with E-state index in [4.69, 9.17) is 16.6 Å². The number of anilines is 4. The SMILES string of the molecule is [2H]c1c([2H])c(C(C)(C)C)c([2H])c([2H])c1-c1cc(C(C)(C)C)cc(-c2cc(C(C)(C)C)cc(C(C)(C)C)c2)c1N1CN(c2cccc(Oc3ccc4c5c([2H])c([2H])c([2H])c([2H])c5n(-c5cc(C([2H])([2H])[2H])c(-c6cccc7c6C(C)(C)CCC7(C)C)cn5)c4c3)c2)c2ccccc21. The monoisotopic (exact) mass is 1120 g/mol. The van der Waals surface area contributed by atoms with Crippen LogP contribution in [-0.4, -0.2) is 16.2 Å². The lowest BCUT2D eigenvalue weighted by molar-refractivity contribution is 0.333. The van der Waals surface area contributed by atoms with Gasteiger partial charge in [-0.2, -0.15) is 0 Å². The molecule has 0 amide bonds. The minimum atomic E-state index is -2.61. The molecule has 0 radical (unpaired) electrons. The van der Waals surface area contributed by atoms with Crippen LogP contribution in [0.1, 0.15) is 178 Å². The van der Waals surface area contributed by atoms with Gasteiger partial charge >= 0.3 is 0 Å². The van der Waals surface area contributed by atoms with Crippen molar-refractivity contribution in [1.82, 2.24) is 9.55 Å². The number of ether oxygens (including phenoxy) is 1. The maximum atomic E-state index is 9.92. The third kappa shape index (κ3) is 10.2. The van der Waals surface area contributed by atoms with Gasteiger partial charge in [-0.25, -0.2) is 4.98 Å². The second-order valence-corrected chi connectivity index (χ2v) is 28.9. The molecule has 0 saturated carbocycles. The van der Waals surface area contributed by atoms with Crippen molar-refractivity contribution in [3.8, 4) is 50.7 Å². The molecule has 0 fully saturated rings. The fraction of sp³-hybridized carbons (Fsp3) is 0.329. The largest absolute Gasteiger partial charge is 0.457 e. The fourth-order valence-corrected chi connectivity index (χ4v) is 12.5. The van der Waals surface area contributed by atoms with Gasteiger partial charge < -0.3 is 14.5 Å². The van der Waals surface area contributed by atoms with Crippen molar-refractivity contribution in [3.05, 3.63) is 215 Å². The molecular weight excluding hydrogens is 1020 g/mol. The van der Waals surface area contributed by atoms with Gasteiger partial charge in [0.05, 0.1) is 39.1 Å². The first-order valence-electron chi connectivity index (χ1n) is 35.2. The van der Waals surface area contributed by atoms with Crippen molar-refractivity contribution >= 4 is 44.6 Å². The number of aromatic nitrogens is 2. The highest BCUT2D eigenvalue weighted by molar-refractivity contribution is 6.09. The molecule has 8 aromatic carbocycles. The summed E-state index contributed by atoms with van der Waals surface area (Å²) in [7, 11) is 0. The molecule has 2 aromatic heterocycles. The van der Waals surface area contributed by atoms with Gasteiger partial charge in [-0.15, -0.1) is 0 Å². The van der Waals surface area contributed by atoms with Crippen LogP contribution in [0.15, 0.2) is 176 Å². The predicted octanol–water partition coefficient (Wildman–Crippen LogP) is 22.1. The third-order valence-electron chi connectivity index (χ3n) is 17.6. The van der Waals surface area contributed by atoms with E-state index in [1.807, 2.05) is 69.3 Å². The summed E-state index contributed by atoms with van der Waals surface area (Å²) in [6, 6.07) is 38.4. The second-order valence-electron chi connectivity index (χ2n) is 28.9. The second kappa shape index (κ2) is 20.1. The minimum Gasteiger partial charge on any atom is -0.457 e. The summed E-state index contributed by atoms with van der Waals surface area (Å²) in [6.45, 7) is 32.1. The zero-order chi connectivity index (χ0) is 69.1. The highest BCUT2D eigenvalue weighted by atomic mass is 16.5. The molecule has 1 aliphatic carbocycles. The Morgan fingerprint density at radius 3 is 1.77 bits per heavy atom. The topological polar surface area (TPSA) is 33.5 Å². The average molecular weight is 1120 g/mol. The van der Waals surface area contributed by atoms with Crippen molar-refractivity contribution in [2.75, 3.05) is 16.5 Å². The molecule has 5 heteroatoms. The van der Waals surface area contributed by atoms with Gasteiger partial charge in [0.2, 0.25) is 0 Å². The van der Waals surface area contributed by atoms with E-state index < -0.39 is 29.8 Å². The molecule has 1 aliphatic heterocycles. The smallest absolute Gasteiger partial charge is 0.137 e. The van der Waals surface area contributed by atoms with E-state index in [1.54, 1.807) is 35.0 Å². The Balaban J connectivity index is 1.02. The Bertz CT molecular complexity index is 4750. The van der Waals surface area contributed by atoms with E-state index in [9.17, 15) is 8.22 Å². The molecular formula is C79H86N4O. The van der Waals surface area contributed by atoms with E-state index in [1.165, 1.54) is 5.56 Å². The summed E-state index contributed by atoms with van der Waals surface area (Å²) >= 11 is 0. The molecule has 12 rings (SSSR count). The Morgan fingerprint density at radius 2 is 1.11 bits per heavy atom. The zero-order valence-corrected chi connectivity index (χ0v) is 51.9. The molecule has 0 atom stereocenters. The van der Waals surface area contributed by atoms with Gasteiger partial charge in [-0.3, -0.25) is 4.57 Å². The Kier molecular flexibility index (Phi) is 10.7. The lowest BCUT2D eigenvalue weighted by Crippen LogP contribution is -2.34. The van der Waals surface area contributed by atoms with Crippen LogP contribution in [0, 0.1) is 6.85 Å². The zero-order valence-electron chi connectivity index (χ0n) is 62.9.